The molecule has 0 saturated carbocycles. The lowest BCUT2D eigenvalue weighted by atomic mass is 10.0. The van der Waals surface area contributed by atoms with Crippen LogP contribution in [0, 0.1) is 0 Å². The summed E-state index contributed by atoms with van der Waals surface area (Å²) in [5, 5.41) is 0. The van der Waals surface area contributed by atoms with Crippen molar-refractivity contribution in [3.8, 4) is 0 Å². The van der Waals surface area contributed by atoms with Crippen molar-refractivity contribution in [3.05, 3.63) is 36.2 Å². The zero-order chi connectivity index (χ0) is 14.8. The summed E-state index contributed by atoms with van der Waals surface area (Å²) in [5.41, 5.74) is 1.82. The van der Waals surface area contributed by atoms with E-state index < -0.39 is 0 Å². The number of nitrogens with zero attached hydrogens (tertiary/aromatic N) is 3. The van der Waals surface area contributed by atoms with E-state index in [4.69, 9.17) is 0 Å². The Hall–Kier alpha value is -1.68. The van der Waals surface area contributed by atoms with Gasteiger partial charge in [-0.05, 0) is 45.0 Å². The van der Waals surface area contributed by atoms with Crippen molar-refractivity contribution in [2.24, 2.45) is 0 Å². The number of likely N-dealkylation sites (tertiary alicyclic amines) is 1. The molecular formula is C17H23N3O. The van der Waals surface area contributed by atoms with Crippen molar-refractivity contribution >= 4 is 11.6 Å². The number of rotatable bonds is 5. The van der Waals surface area contributed by atoms with Gasteiger partial charge in [-0.3, -0.25) is 4.79 Å². The van der Waals surface area contributed by atoms with E-state index in [9.17, 15) is 4.79 Å². The van der Waals surface area contributed by atoms with Crippen LogP contribution in [0.1, 0.15) is 43.0 Å². The largest absolute Gasteiger partial charge is 0.328 e. The Morgan fingerprint density at radius 1 is 1.38 bits per heavy atom. The van der Waals surface area contributed by atoms with Crippen LogP contribution in [0.15, 0.2) is 30.6 Å². The molecule has 0 aromatic carbocycles. The summed E-state index contributed by atoms with van der Waals surface area (Å²) < 4.78 is 0. The molecule has 0 radical (unpaired) electrons. The number of ketones is 1. The molecule has 4 heteroatoms. The first-order chi connectivity index (χ1) is 10.1. The SMILES string of the molecule is C=C1CC(C)N1c1ccc(C(=O)CCN2CCCC2)cn1. The lowest BCUT2D eigenvalue weighted by Gasteiger charge is -2.41. The second-order valence-electron chi connectivity index (χ2n) is 6.12. The third kappa shape index (κ3) is 3.00. The van der Waals surface area contributed by atoms with Gasteiger partial charge in [0.05, 0.1) is 0 Å². The number of hydrogen-bond donors (Lipinski definition) is 0. The van der Waals surface area contributed by atoms with E-state index >= 15 is 0 Å². The number of Topliss-reactive ketones (excluding diaryl/α,β-unsaturated/α-hetero) is 1. The lowest BCUT2D eigenvalue weighted by molar-refractivity contribution is 0.0968. The summed E-state index contributed by atoms with van der Waals surface area (Å²) in [5.74, 6) is 1.09. The summed E-state index contributed by atoms with van der Waals surface area (Å²) in [4.78, 5) is 21.1. The molecule has 0 amide bonds. The smallest absolute Gasteiger partial charge is 0.165 e. The van der Waals surface area contributed by atoms with Crippen LogP contribution < -0.4 is 4.90 Å². The van der Waals surface area contributed by atoms with Crippen molar-refractivity contribution in [1.29, 1.82) is 0 Å². The molecule has 3 heterocycles. The van der Waals surface area contributed by atoms with Crippen LogP contribution in [-0.4, -0.2) is 41.3 Å². The molecule has 1 aromatic rings. The maximum atomic E-state index is 12.2. The van der Waals surface area contributed by atoms with Gasteiger partial charge in [0.25, 0.3) is 0 Å². The Kier molecular flexibility index (Phi) is 4.06. The number of anilines is 1. The van der Waals surface area contributed by atoms with Gasteiger partial charge < -0.3 is 9.80 Å². The van der Waals surface area contributed by atoms with Gasteiger partial charge in [0.2, 0.25) is 0 Å². The molecule has 4 nitrogen and oxygen atoms in total. The average molecular weight is 285 g/mol. The topological polar surface area (TPSA) is 36.4 Å². The summed E-state index contributed by atoms with van der Waals surface area (Å²) in [6, 6.07) is 4.29. The van der Waals surface area contributed by atoms with E-state index in [-0.39, 0.29) is 5.78 Å². The molecular weight excluding hydrogens is 262 g/mol. The lowest BCUT2D eigenvalue weighted by Crippen LogP contribution is -2.43. The first-order valence-electron chi connectivity index (χ1n) is 7.84. The number of aromatic nitrogens is 1. The average Bonchev–Trinajstić information content (AvgIpc) is 2.98. The Morgan fingerprint density at radius 3 is 2.71 bits per heavy atom. The molecule has 21 heavy (non-hydrogen) atoms. The van der Waals surface area contributed by atoms with Gasteiger partial charge >= 0.3 is 0 Å². The van der Waals surface area contributed by atoms with Crippen LogP contribution in [0.5, 0.6) is 0 Å². The van der Waals surface area contributed by atoms with E-state index in [1.807, 2.05) is 12.1 Å². The van der Waals surface area contributed by atoms with Gasteiger partial charge in [0.15, 0.2) is 5.78 Å². The van der Waals surface area contributed by atoms with E-state index in [0.29, 0.717) is 12.5 Å². The van der Waals surface area contributed by atoms with Crippen molar-refractivity contribution in [3.63, 3.8) is 0 Å². The fourth-order valence-electron chi connectivity index (χ4n) is 3.22. The number of carbonyl (C=O) groups excluding carboxylic acids is 1. The van der Waals surface area contributed by atoms with Crippen molar-refractivity contribution < 1.29 is 4.79 Å². The van der Waals surface area contributed by atoms with E-state index in [1.54, 1.807) is 6.20 Å². The predicted octanol–water partition coefficient (Wildman–Crippen LogP) is 2.86. The molecule has 0 N–H and O–H groups in total. The van der Waals surface area contributed by atoms with E-state index in [1.165, 1.54) is 12.8 Å². The molecule has 2 saturated heterocycles. The summed E-state index contributed by atoms with van der Waals surface area (Å²) in [7, 11) is 0. The number of carbonyl (C=O) groups is 1. The van der Waals surface area contributed by atoms with Crippen LogP contribution in [0.25, 0.3) is 0 Å². The Morgan fingerprint density at radius 2 is 2.14 bits per heavy atom. The molecule has 2 aliphatic heterocycles. The first-order valence-corrected chi connectivity index (χ1v) is 7.84. The maximum absolute atomic E-state index is 12.2. The first kappa shape index (κ1) is 14.3. The van der Waals surface area contributed by atoms with Crippen LogP contribution in [0.2, 0.25) is 0 Å². The standard InChI is InChI=1S/C17H23N3O/c1-13-11-14(2)20(13)17-6-5-15(12-18-17)16(21)7-10-19-8-3-4-9-19/h5-6,12,14H,1,3-4,7-11H2,2H3. The quantitative estimate of drug-likeness (QED) is 0.780. The molecule has 1 aromatic heterocycles. The molecule has 0 aliphatic carbocycles. The highest BCUT2D eigenvalue weighted by molar-refractivity contribution is 5.96. The number of hydrogen-bond acceptors (Lipinski definition) is 4. The summed E-state index contributed by atoms with van der Waals surface area (Å²) in [6.07, 6.45) is 5.86. The predicted molar refractivity (Wildman–Crippen MR) is 84.6 cm³/mol. The minimum absolute atomic E-state index is 0.191. The van der Waals surface area contributed by atoms with Crippen LogP contribution >= 0.6 is 0 Å². The molecule has 2 aliphatic rings. The van der Waals surface area contributed by atoms with Gasteiger partial charge in [-0.2, -0.15) is 0 Å². The molecule has 2 fully saturated rings. The third-order valence-corrected chi connectivity index (χ3v) is 4.48. The minimum atomic E-state index is 0.191. The molecule has 3 rings (SSSR count). The second kappa shape index (κ2) is 5.98. The van der Waals surface area contributed by atoms with Crippen LogP contribution in [0.3, 0.4) is 0 Å². The highest BCUT2D eigenvalue weighted by atomic mass is 16.1. The summed E-state index contributed by atoms with van der Waals surface area (Å²) >= 11 is 0. The third-order valence-electron chi connectivity index (χ3n) is 4.48. The zero-order valence-electron chi connectivity index (χ0n) is 12.7. The second-order valence-corrected chi connectivity index (χ2v) is 6.12. The van der Waals surface area contributed by atoms with Crippen molar-refractivity contribution in [2.45, 2.75) is 38.6 Å². The van der Waals surface area contributed by atoms with Gasteiger partial charge in [-0.1, -0.05) is 6.58 Å². The zero-order valence-corrected chi connectivity index (χ0v) is 12.7. The van der Waals surface area contributed by atoms with Crippen molar-refractivity contribution in [2.75, 3.05) is 24.5 Å². The highest BCUT2D eigenvalue weighted by Gasteiger charge is 2.29. The molecule has 1 unspecified atom stereocenters. The van der Waals surface area contributed by atoms with Gasteiger partial charge in [-0.25, -0.2) is 4.98 Å². The van der Waals surface area contributed by atoms with E-state index in [2.05, 4.69) is 28.3 Å². The van der Waals surface area contributed by atoms with Crippen molar-refractivity contribution in [1.82, 2.24) is 9.88 Å². The molecule has 1 atom stereocenters. The van der Waals surface area contributed by atoms with Crippen LogP contribution in [-0.2, 0) is 0 Å². The normalized spacial score (nSPS) is 22.4. The minimum Gasteiger partial charge on any atom is -0.328 e. The number of pyridine rings is 1. The molecule has 112 valence electrons. The Balaban J connectivity index is 1.58. The van der Waals surface area contributed by atoms with Gasteiger partial charge in [0.1, 0.15) is 5.82 Å². The maximum Gasteiger partial charge on any atom is 0.165 e. The van der Waals surface area contributed by atoms with Gasteiger partial charge in [0, 0.05) is 42.9 Å². The fourth-order valence-corrected chi connectivity index (χ4v) is 3.22. The molecule has 0 spiro atoms. The monoisotopic (exact) mass is 285 g/mol. The fraction of sp³-hybridized carbons (Fsp3) is 0.529. The van der Waals surface area contributed by atoms with Crippen LogP contribution in [0.4, 0.5) is 5.82 Å². The Labute approximate surface area is 126 Å². The Bertz CT molecular complexity index is 531. The van der Waals surface area contributed by atoms with E-state index in [0.717, 1.165) is 43.1 Å². The molecule has 0 bridgehead atoms. The highest BCUT2D eigenvalue weighted by Crippen LogP contribution is 2.32. The van der Waals surface area contributed by atoms with Gasteiger partial charge in [-0.15, -0.1) is 0 Å². The summed E-state index contributed by atoms with van der Waals surface area (Å²) in [6.45, 7) is 9.32.